The number of carbonyl (C=O) groups excluding carboxylic acids is 1. The summed E-state index contributed by atoms with van der Waals surface area (Å²) in [6.45, 7) is 2.10. The Morgan fingerprint density at radius 2 is 2.13 bits per heavy atom. The van der Waals surface area contributed by atoms with E-state index >= 15 is 0 Å². The van der Waals surface area contributed by atoms with Gasteiger partial charge in [0, 0.05) is 10.9 Å². The highest BCUT2D eigenvalue weighted by atomic mass is 79.9. The van der Waals surface area contributed by atoms with Crippen LogP contribution in [0.2, 0.25) is 0 Å². The van der Waals surface area contributed by atoms with Gasteiger partial charge in [-0.15, -0.1) is 0 Å². The fourth-order valence-electron chi connectivity index (χ4n) is 1.09. The van der Waals surface area contributed by atoms with E-state index in [2.05, 4.69) is 15.9 Å². The van der Waals surface area contributed by atoms with Gasteiger partial charge in [-0.2, -0.15) is 0 Å². The van der Waals surface area contributed by atoms with Crippen LogP contribution in [0.4, 0.5) is 0 Å². The zero-order chi connectivity index (χ0) is 11.1. The predicted molar refractivity (Wildman–Crippen MR) is 61.2 cm³/mol. The van der Waals surface area contributed by atoms with E-state index in [1.165, 1.54) is 0 Å². The molecule has 1 rings (SSSR count). The number of benzene rings is 1. The lowest BCUT2D eigenvalue weighted by Gasteiger charge is -2.08. The Labute approximate surface area is 97.5 Å². The van der Waals surface area contributed by atoms with Crippen LogP contribution in [0.1, 0.15) is 12.5 Å². The first kappa shape index (κ1) is 12.0. The maximum Gasteiger partial charge on any atom is 0.344 e. The summed E-state index contributed by atoms with van der Waals surface area (Å²) < 4.78 is 10.1. The summed E-state index contributed by atoms with van der Waals surface area (Å²) in [5.74, 6) is 0.365. The Kier molecular flexibility index (Phi) is 5.18. The Bertz CT molecular complexity index is 325. The van der Waals surface area contributed by atoms with E-state index in [0.717, 1.165) is 5.56 Å². The van der Waals surface area contributed by atoms with Crippen molar-refractivity contribution in [2.24, 2.45) is 0 Å². The molecule has 0 spiro atoms. The third-order valence-electron chi connectivity index (χ3n) is 1.77. The van der Waals surface area contributed by atoms with Gasteiger partial charge in [0.25, 0.3) is 0 Å². The molecular weight excluding hydrogens is 260 g/mol. The minimum Gasteiger partial charge on any atom is -0.482 e. The third-order valence-corrected chi connectivity index (χ3v) is 2.37. The molecule has 15 heavy (non-hydrogen) atoms. The lowest BCUT2D eigenvalue weighted by Crippen LogP contribution is -2.15. The smallest absolute Gasteiger partial charge is 0.344 e. The number of esters is 1. The molecule has 4 heteroatoms. The Morgan fingerprint density at radius 3 is 2.80 bits per heavy atom. The highest BCUT2D eigenvalue weighted by Crippen LogP contribution is 2.20. The summed E-state index contributed by atoms with van der Waals surface area (Å²) in [4.78, 5) is 11.1. The van der Waals surface area contributed by atoms with Crippen LogP contribution < -0.4 is 4.74 Å². The van der Waals surface area contributed by atoms with Crippen LogP contribution in [0.5, 0.6) is 5.75 Å². The Balaban J connectivity index is 2.53. The van der Waals surface area contributed by atoms with Gasteiger partial charge in [0.1, 0.15) is 5.75 Å². The average Bonchev–Trinajstić information content (AvgIpc) is 2.27. The molecule has 0 aliphatic carbocycles. The molecule has 0 heterocycles. The fraction of sp³-hybridized carbons (Fsp3) is 0.364. The van der Waals surface area contributed by atoms with Crippen molar-refractivity contribution in [3.63, 3.8) is 0 Å². The number of hydrogen-bond donors (Lipinski definition) is 0. The second-order valence-electron chi connectivity index (χ2n) is 2.84. The van der Waals surface area contributed by atoms with Gasteiger partial charge in [0.05, 0.1) is 6.61 Å². The molecule has 0 atom stereocenters. The predicted octanol–water partition coefficient (Wildman–Crippen LogP) is 2.52. The van der Waals surface area contributed by atoms with Crippen LogP contribution in [0.15, 0.2) is 24.3 Å². The molecule has 0 N–H and O–H groups in total. The largest absolute Gasteiger partial charge is 0.482 e. The first-order valence-corrected chi connectivity index (χ1v) is 5.82. The normalized spacial score (nSPS) is 9.73. The van der Waals surface area contributed by atoms with Crippen molar-refractivity contribution < 1.29 is 14.3 Å². The van der Waals surface area contributed by atoms with Crippen LogP contribution in [0.3, 0.4) is 0 Å². The SMILES string of the molecule is CCOC(=O)COc1ccccc1CBr. The maximum atomic E-state index is 11.1. The van der Waals surface area contributed by atoms with Gasteiger partial charge >= 0.3 is 5.97 Å². The van der Waals surface area contributed by atoms with Crippen molar-refractivity contribution in [3.05, 3.63) is 29.8 Å². The summed E-state index contributed by atoms with van der Waals surface area (Å²) in [6, 6.07) is 7.56. The van der Waals surface area contributed by atoms with Crippen molar-refractivity contribution in [1.29, 1.82) is 0 Å². The van der Waals surface area contributed by atoms with Crippen LogP contribution in [-0.2, 0) is 14.9 Å². The van der Waals surface area contributed by atoms with E-state index in [1.54, 1.807) is 6.92 Å². The zero-order valence-corrected chi connectivity index (χ0v) is 10.1. The molecule has 1 aromatic carbocycles. The molecule has 0 bridgehead atoms. The van der Waals surface area contributed by atoms with Crippen molar-refractivity contribution in [2.75, 3.05) is 13.2 Å². The van der Waals surface area contributed by atoms with Gasteiger partial charge in [0.2, 0.25) is 0 Å². The fourth-order valence-corrected chi connectivity index (χ4v) is 1.56. The first-order chi connectivity index (χ1) is 7.27. The second kappa shape index (κ2) is 6.45. The molecular formula is C11H13BrO3. The van der Waals surface area contributed by atoms with E-state index in [1.807, 2.05) is 24.3 Å². The number of rotatable bonds is 5. The van der Waals surface area contributed by atoms with Crippen molar-refractivity contribution in [1.82, 2.24) is 0 Å². The number of para-hydroxylation sites is 1. The quantitative estimate of drug-likeness (QED) is 0.611. The van der Waals surface area contributed by atoms with Crippen molar-refractivity contribution in [3.8, 4) is 5.75 Å². The van der Waals surface area contributed by atoms with Crippen molar-refractivity contribution >= 4 is 21.9 Å². The number of hydrogen-bond acceptors (Lipinski definition) is 3. The molecule has 1 aromatic rings. The van der Waals surface area contributed by atoms with E-state index in [-0.39, 0.29) is 12.6 Å². The van der Waals surface area contributed by atoms with Crippen LogP contribution in [-0.4, -0.2) is 19.2 Å². The molecule has 0 radical (unpaired) electrons. The molecule has 0 aliphatic heterocycles. The highest BCUT2D eigenvalue weighted by molar-refractivity contribution is 9.08. The Morgan fingerprint density at radius 1 is 1.40 bits per heavy atom. The minimum absolute atomic E-state index is 0.0438. The van der Waals surface area contributed by atoms with E-state index in [4.69, 9.17) is 9.47 Å². The Hall–Kier alpha value is -1.03. The average molecular weight is 273 g/mol. The molecule has 0 fully saturated rings. The molecule has 0 aliphatic rings. The molecule has 0 amide bonds. The third kappa shape index (κ3) is 3.91. The topological polar surface area (TPSA) is 35.5 Å². The summed E-state index contributed by atoms with van der Waals surface area (Å²) in [7, 11) is 0. The summed E-state index contributed by atoms with van der Waals surface area (Å²) in [5, 5.41) is 0.700. The molecule has 0 aromatic heterocycles. The molecule has 0 saturated heterocycles. The maximum absolute atomic E-state index is 11.1. The minimum atomic E-state index is -0.345. The summed E-state index contributed by atoms with van der Waals surface area (Å²) in [5.41, 5.74) is 1.02. The van der Waals surface area contributed by atoms with E-state index < -0.39 is 0 Å². The van der Waals surface area contributed by atoms with Crippen LogP contribution in [0, 0.1) is 0 Å². The first-order valence-electron chi connectivity index (χ1n) is 4.70. The molecule has 0 saturated carbocycles. The van der Waals surface area contributed by atoms with Crippen LogP contribution in [0.25, 0.3) is 0 Å². The number of carbonyl (C=O) groups is 1. The summed E-state index contributed by atoms with van der Waals surface area (Å²) >= 11 is 3.35. The van der Waals surface area contributed by atoms with E-state index in [9.17, 15) is 4.79 Å². The van der Waals surface area contributed by atoms with Gasteiger partial charge in [-0.3, -0.25) is 0 Å². The summed E-state index contributed by atoms with van der Waals surface area (Å²) in [6.07, 6.45) is 0. The van der Waals surface area contributed by atoms with Crippen molar-refractivity contribution in [2.45, 2.75) is 12.3 Å². The molecule has 0 unspecified atom stereocenters. The highest BCUT2D eigenvalue weighted by Gasteiger charge is 2.05. The zero-order valence-electron chi connectivity index (χ0n) is 8.53. The lowest BCUT2D eigenvalue weighted by molar-refractivity contribution is -0.145. The van der Waals surface area contributed by atoms with Gasteiger partial charge in [-0.1, -0.05) is 34.1 Å². The standard InChI is InChI=1S/C11H13BrO3/c1-2-14-11(13)8-15-10-6-4-3-5-9(10)7-12/h3-6H,2,7-8H2,1H3. The van der Waals surface area contributed by atoms with Crippen LogP contribution >= 0.6 is 15.9 Å². The van der Waals surface area contributed by atoms with Gasteiger partial charge in [0.15, 0.2) is 6.61 Å². The van der Waals surface area contributed by atoms with Gasteiger partial charge < -0.3 is 9.47 Å². The number of ether oxygens (including phenoxy) is 2. The number of alkyl halides is 1. The lowest BCUT2D eigenvalue weighted by atomic mass is 10.2. The van der Waals surface area contributed by atoms with E-state index in [0.29, 0.717) is 17.7 Å². The molecule has 82 valence electrons. The second-order valence-corrected chi connectivity index (χ2v) is 3.40. The van der Waals surface area contributed by atoms with Gasteiger partial charge in [-0.25, -0.2) is 4.79 Å². The number of halogens is 1. The monoisotopic (exact) mass is 272 g/mol. The molecule has 3 nitrogen and oxygen atoms in total. The van der Waals surface area contributed by atoms with Gasteiger partial charge in [-0.05, 0) is 13.0 Å².